The van der Waals surface area contributed by atoms with Crippen molar-refractivity contribution in [2.24, 2.45) is 0 Å². The molecule has 0 unspecified atom stereocenters. The Morgan fingerprint density at radius 3 is 1.18 bits per heavy atom. The average molecular weight is 429 g/mol. The van der Waals surface area contributed by atoms with Crippen LogP contribution in [0.3, 0.4) is 0 Å². The minimum absolute atomic E-state index is 0.685. The maximum absolute atomic E-state index is 5.46. The van der Waals surface area contributed by atoms with Crippen molar-refractivity contribution in [3.63, 3.8) is 0 Å². The van der Waals surface area contributed by atoms with E-state index in [-0.39, 0.29) is 0 Å². The summed E-state index contributed by atoms with van der Waals surface area (Å²) in [5.74, 6) is 1.60. The molecule has 0 aliphatic rings. The van der Waals surface area contributed by atoms with Crippen LogP contribution >= 0.6 is 41.2 Å². The third-order valence-electron chi connectivity index (χ3n) is 3.46. The molecule has 22 heavy (non-hydrogen) atoms. The van der Waals surface area contributed by atoms with Crippen LogP contribution in [0.25, 0.3) is 0 Å². The fourth-order valence-corrected chi connectivity index (χ4v) is 13.9. The third kappa shape index (κ3) is 6.84. The summed E-state index contributed by atoms with van der Waals surface area (Å²) in [5, 5.41) is 0. The average Bonchev–Trinajstić information content (AvgIpc) is 2.58. The summed E-state index contributed by atoms with van der Waals surface area (Å²) in [7, 11) is 4.60. The molecule has 0 saturated carbocycles. The molecule has 0 aromatic rings. The Morgan fingerprint density at radius 1 is 0.727 bits per heavy atom. The van der Waals surface area contributed by atoms with Crippen molar-refractivity contribution in [1.82, 2.24) is 0 Å². The molecule has 12 heteroatoms. The highest BCUT2D eigenvalue weighted by molar-refractivity contribution is 9.33. The number of hydrogen-bond donors (Lipinski definition) is 2. The second-order valence-corrected chi connectivity index (χ2v) is 19.6. The Bertz CT molecular complexity index is 267. The van der Waals surface area contributed by atoms with Crippen molar-refractivity contribution >= 4 is 58.8 Å². The van der Waals surface area contributed by atoms with Gasteiger partial charge < -0.3 is 26.6 Å². The highest BCUT2D eigenvalue weighted by atomic mass is 33.7. The molecule has 0 saturated heterocycles. The zero-order chi connectivity index (χ0) is 17.3. The fraction of sp³-hybridized carbons (Fsp3) is 1.00. The SMILES string of the molecule is CO[Si](CCS(S)(CC[Si](OC)(OC)OC)SS)(OC)OC. The zero-order valence-electron chi connectivity index (χ0n) is 14.0. The molecule has 0 spiro atoms. The number of rotatable bonds is 13. The minimum atomic E-state index is -2.60. The summed E-state index contributed by atoms with van der Waals surface area (Å²) in [4.78, 5) is 0. The molecule has 136 valence electrons. The Morgan fingerprint density at radius 2 is 1.00 bits per heavy atom. The molecule has 0 heterocycles. The first-order chi connectivity index (χ1) is 10.3. The quantitative estimate of drug-likeness (QED) is 0.266. The lowest BCUT2D eigenvalue weighted by molar-refractivity contribution is 0.125. The first kappa shape index (κ1) is 23.6. The van der Waals surface area contributed by atoms with E-state index < -0.39 is 25.7 Å². The van der Waals surface area contributed by atoms with Gasteiger partial charge in [-0.3, -0.25) is 0 Å². The van der Waals surface area contributed by atoms with Gasteiger partial charge in [-0.15, -0.1) is 31.4 Å². The Labute approximate surface area is 151 Å². The number of hydrogen-bond acceptors (Lipinski definition) is 9. The van der Waals surface area contributed by atoms with Gasteiger partial charge in [0.1, 0.15) is 0 Å². The Hall–Kier alpha value is 1.59. The molecule has 0 bridgehead atoms. The van der Waals surface area contributed by atoms with Crippen molar-refractivity contribution in [2.45, 2.75) is 12.1 Å². The lowest BCUT2D eigenvalue weighted by Gasteiger charge is -2.36. The molecular formula is C10H28O6S4Si2. The van der Waals surface area contributed by atoms with E-state index in [0.29, 0.717) is 12.1 Å². The predicted octanol–water partition coefficient (Wildman–Crippen LogP) is 2.89. The first-order valence-corrected chi connectivity index (χ1v) is 15.8. The summed E-state index contributed by atoms with van der Waals surface area (Å²) >= 11 is 9.26. The summed E-state index contributed by atoms with van der Waals surface area (Å²) in [6.07, 6.45) is 0. The van der Waals surface area contributed by atoms with E-state index in [2.05, 4.69) is 11.7 Å². The van der Waals surface area contributed by atoms with E-state index in [1.54, 1.807) is 42.7 Å². The van der Waals surface area contributed by atoms with Gasteiger partial charge in [0.15, 0.2) is 0 Å². The van der Waals surface area contributed by atoms with Crippen molar-refractivity contribution < 1.29 is 26.6 Å². The van der Waals surface area contributed by atoms with E-state index in [1.807, 2.05) is 0 Å². The van der Waals surface area contributed by atoms with Crippen LogP contribution in [0.2, 0.25) is 12.1 Å². The van der Waals surface area contributed by atoms with E-state index in [4.69, 9.17) is 38.2 Å². The zero-order valence-corrected chi connectivity index (χ0v) is 19.4. The van der Waals surface area contributed by atoms with Gasteiger partial charge in [0, 0.05) is 54.7 Å². The molecule has 0 N–H and O–H groups in total. The normalized spacial score (nSPS) is 14.4. The molecule has 6 nitrogen and oxygen atoms in total. The van der Waals surface area contributed by atoms with Gasteiger partial charge in [-0.2, -0.15) is 0 Å². The first-order valence-electron chi connectivity index (χ1n) is 6.49. The van der Waals surface area contributed by atoms with Gasteiger partial charge in [-0.05, 0) is 21.3 Å². The topological polar surface area (TPSA) is 55.4 Å². The molecule has 0 rings (SSSR count). The maximum Gasteiger partial charge on any atom is 0.500 e. The van der Waals surface area contributed by atoms with Crippen LogP contribution in [0, 0.1) is 0 Å². The number of thiol groups is 2. The lowest BCUT2D eigenvalue weighted by Crippen LogP contribution is -2.44. The molecule has 0 atom stereocenters. The fourth-order valence-electron chi connectivity index (χ4n) is 1.86. The monoisotopic (exact) mass is 428 g/mol. The van der Waals surface area contributed by atoms with Gasteiger partial charge in [0.05, 0.1) is 0 Å². The molecule has 0 radical (unpaired) electrons. The van der Waals surface area contributed by atoms with Crippen LogP contribution in [-0.4, -0.2) is 71.8 Å². The predicted molar refractivity (Wildman–Crippen MR) is 106 cm³/mol. The largest absolute Gasteiger partial charge is 0.500 e. The van der Waals surface area contributed by atoms with E-state index in [1.165, 1.54) is 9.83 Å². The van der Waals surface area contributed by atoms with Gasteiger partial charge >= 0.3 is 17.6 Å². The highest BCUT2D eigenvalue weighted by Crippen LogP contribution is 2.67. The molecule has 0 fully saturated rings. The second kappa shape index (κ2) is 11.3. The van der Waals surface area contributed by atoms with Crippen LogP contribution in [0.5, 0.6) is 0 Å². The summed E-state index contributed by atoms with van der Waals surface area (Å²) < 4.78 is 32.8. The van der Waals surface area contributed by atoms with Crippen LogP contribution in [-0.2, 0) is 26.6 Å². The van der Waals surface area contributed by atoms with Crippen molar-refractivity contribution in [2.75, 3.05) is 54.2 Å². The smallest absolute Gasteiger partial charge is 0.377 e. The molecule has 0 aromatic heterocycles. The summed E-state index contributed by atoms with van der Waals surface area (Å²) in [6, 6.07) is 1.37. The summed E-state index contributed by atoms with van der Waals surface area (Å²) in [6.45, 7) is 0. The standard InChI is InChI=1S/C10H28O6S4Si2/c1-11-21(12-2,13-3)9-7-20(18,19-17)8-10-22(14-4,15-5)16-6/h17-18H,7-10H2,1-6H3. The van der Waals surface area contributed by atoms with E-state index >= 15 is 0 Å². The molecule has 0 aromatic carbocycles. The molecule has 0 aliphatic carbocycles. The van der Waals surface area contributed by atoms with Crippen molar-refractivity contribution in [3.05, 3.63) is 0 Å². The van der Waals surface area contributed by atoms with Crippen molar-refractivity contribution in [1.29, 1.82) is 0 Å². The Kier molecular flexibility index (Phi) is 12.1. The molecule has 0 amide bonds. The van der Waals surface area contributed by atoms with Crippen LogP contribution in [0.4, 0.5) is 0 Å². The van der Waals surface area contributed by atoms with Gasteiger partial charge in [-0.1, -0.05) is 0 Å². The Balaban J connectivity index is 4.77. The third-order valence-corrected chi connectivity index (χ3v) is 18.8. The maximum atomic E-state index is 5.46. The highest BCUT2D eigenvalue weighted by Gasteiger charge is 2.42. The van der Waals surface area contributed by atoms with Crippen molar-refractivity contribution in [3.8, 4) is 0 Å². The summed E-state index contributed by atoms with van der Waals surface area (Å²) in [5.41, 5.74) is 0. The minimum Gasteiger partial charge on any atom is -0.377 e. The molecular weight excluding hydrogens is 401 g/mol. The van der Waals surface area contributed by atoms with Crippen LogP contribution in [0.15, 0.2) is 0 Å². The van der Waals surface area contributed by atoms with Gasteiger partial charge in [-0.25, -0.2) is 0 Å². The lowest BCUT2D eigenvalue weighted by atomic mass is 10.9. The molecule has 0 aliphatic heterocycles. The van der Waals surface area contributed by atoms with E-state index in [0.717, 1.165) is 11.5 Å². The second-order valence-electron chi connectivity index (χ2n) is 4.35. The van der Waals surface area contributed by atoms with Gasteiger partial charge in [0.25, 0.3) is 0 Å². The van der Waals surface area contributed by atoms with Crippen LogP contribution < -0.4 is 0 Å². The van der Waals surface area contributed by atoms with E-state index in [9.17, 15) is 0 Å². The van der Waals surface area contributed by atoms with Gasteiger partial charge in [0.2, 0.25) is 0 Å². The van der Waals surface area contributed by atoms with Crippen LogP contribution in [0.1, 0.15) is 0 Å².